The van der Waals surface area contributed by atoms with Gasteiger partial charge in [-0.1, -0.05) is 18.5 Å². The van der Waals surface area contributed by atoms with E-state index in [1.807, 2.05) is 0 Å². The number of carbonyl (C=O) groups is 2. The SMILES string of the molecule is CC1CC1(C(=O)O)C(=O)NCc1cc(Cl)cs1. The number of aliphatic carboxylic acids is 1. The fourth-order valence-electron chi connectivity index (χ4n) is 1.91. The van der Waals surface area contributed by atoms with Crippen molar-refractivity contribution in [2.75, 3.05) is 0 Å². The Morgan fingerprint density at radius 3 is 2.76 bits per heavy atom. The van der Waals surface area contributed by atoms with E-state index in [0.29, 0.717) is 18.0 Å². The molecule has 2 rings (SSSR count). The summed E-state index contributed by atoms with van der Waals surface area (Å²) in [7, 11) is 0. The van der Waals surface area contributed by atoms with Gasteiger partial charge in [0, 0.05) is 10.3 Å². The third kappa shape index (κ3) is 2.17. The van der Waals surface area contributed by atoms with Gasteiger partial charge in [-0.05, 0) is 18.4 Å². The van der Waals surface area contributed by atoms with Crippen LogP contribution in [-0.4, -0.2) is 17.0 Å². The Bertz CT molecular complexity index is 473. The van der Waals surface area contributed by atoms with E-state index in [1.54, 1.807) is 18.4 Å². The highest BCUT2D eigenvalue weighted by molar-refractivity contribution is 7.10. The molecule has 2 atom stereocenters. The molecule has 0 radical (unpaired) electrons. The fourth-order valence-corrected chi connectivity index (χ4v) is 2.92. The van der Waals surface area contributed by atoms with Crippen LogP contribution in [0.1, 0.15) is 18.2 Å². The number of halogens is 1. The molecule has 0 bridgehead atoms. The first kappa shape index (κ1) is 12.4. The highest BCUT2D eigenvalue weighted by Gasteiger charge is 2.63. The smallest absolute Gasteiger partial charge is 0.319 e. The maximum Gasteiger partial charge on any atom is 0.319 e. The second-order valence-electron chi connectivity index (χ2n) is 4.30. The molecule has 0 saturated heterocycles. The quantitative estimate of drug-likeness (QED) is 0.826. The first-order valence-corrected chi connectivity index (χ1v) is 6.47. The summed E-state index contributed by atoms with van der Waals surface area (Å²) in [4.78, 5) is 23.8. The highest BCUT2D eigenvalue weighted by atomic mass is 35.5. The van der Waals surface area contributed by atoms with Crippen LogP contribution in [0.2, 0.25) is 5.02 Å². The van der Waals surface area contributed by atoms with E-state index >= 15 is 0 Å². The number of carbonyl (C=O) groups excluding carboxylic acids is 1. The van der Waals surface area contributed by atoms with Crippen molar-refractivity contribution >= 4 is 34.8 Å². The molecule has 2 unspecified atom stereocenters. The first-order chi connectivity index (χ1) is 7.96. The summed E-state index contributed by atoms with van der Waals surface area (Å²) in [5.41, 5.74) is -1.21. The van der Waals surface area contributed by atoms with Gasteiger partial charge in [0.15, 0.2) is 0 Å². The molecule has 1 heterocycles. The number of hydrogen-bond acceptors (Lipinski definition) is 3. The topological polar surface area (TPSA) is 66.4 Å². The van der Waals surface area contributed by atoms with Crippen LogP contribution in [0.25, 0.3) is 0 Å². The fraction of sp³-hybridized carbons (Fsp3) is 0.455. The van der Waals surface area contributed by atoms with Crippen LogP contribution in [-0.2, 0) is 16.1 Å². The van der Waals surface area contributed by atoms with Gasteiger partial charge in [0.2, 0.25) is 5.91 Å². The lowest BCUT2D eigenvalue weighted by Crippen LogP contribution is -2.37. The summed E-state index contributed by atoms with van der Waals surface area (Å²) in [5.74, 6) is -1.53. The van der Waals surface area contributed by atoms with Crippen molar-refractivity contribution in [3.63, 3.8) is 0 Å². The largest absolute Gasteiger partial charge is 0.480 e. The number of hydrogen-bond donors (Lipinski definition) is 2. The molecule has 1 fully saturated rings. The van der Waals surface area contributed by atoms with Gasteiger partial charge in [0.25, 0.3) is 0 Å². The Balaban J connectivity index is 1.96. The standard InChI is InChI=1S/C11H12ClNO3S/c1-6-3-11(6,10(15)16)9(14)13-4-8-2-7(12)5-17-8/h2,5-6H,3-4H2,1H3,(H,13,14)(H,15,16). The Labute approximate surface area is 108 Å². The van der Waals surface area contributed by atoms with Gasteiger partial charge in [-0.25, -0.2) is 0 Å². The van der Waals surface area contributed by atoms with E-state index < -0.39 is 17.3 Å². The highest BCUT2D eigenvalue weighted by Crippen LogP contribution is 2.52. The van der Waals surface area contributed by atoms with Crippen LogP contribution < -0.4 is 5.32 Å². The van der Waals surface area contributed by atoms with E-state index in [4.69, 9.17) is 16.7 Å². The van der Waals surface area contributed by atoms with Crippen LogP contribution in [0, 0.1) is 11.3 Å². The molecule has 0 aliphatic heterocycles. The van der Waals surface area contributed by atoms with E-state index in [1.165, 1.54) is 11.3 Å². The summed E-state index contributed by atoms with van der Waals surface area (Å²) in [5, 5.41) is 14.1. The van der Waals surface area contributed by atoms with Crippen molar-refractivity contribution in [1.29, 1.82) is 0 Å². The molecule has 6 heteroatoms. The van der Waals surface area contributed by atoms with Gasteiger partial charge < -0.3 is 10.4 Å². The van der Waals surface area contributed by atoms with Gasteiger partial charge in [-0.3, -0.25) is 9.59 Å². The van der Waals surface area contributed by atoms with Gasteiger partial charge >= 0.3 is 5.97 Å². The number of nitrogens with one attached hydrogen (secondary N) is 1. The molecule has 2 N–H and O–H groups in total. The lowest BCUT2D eigenvalue weighted by Gasteiger charge is -2.11. The van der Waals surface area contributed by atoms with Crippen molar-refractivity contribution in [3.05, 3.63) is 21.3 Å². The molecular formula is C11H12ClNO3S. The van der Waals surface area contributed by atoms with Crippen LogP contribution in [0.15, 0.2) is 11.4 Å². The van der Waals surface area contributed by atoms with Crippen molar-refractivity contribution in [3.8, 4) is 0 Å². The Hall–Kier alpha value is -1.07. The van der Waals surface area contributed by atoms with Crippen molar-refractivity contribution < 1.29 is 14.7 Å². The van der Waals surface area contributed by atoms with E-state index in [0.717, 1.165) is 4.88 Å². The predicted octanol–water partition coefficient (Wildman–Crippen LogP) is 2.13. The zero-order valence-electron chi connectivity index (χ0n) is 9.20. The monoisotopic (exact) mass is 273 g/mol. The molecule has 17 heavy (non-hydrogen) atoms. The van der Waals surface area contributed by atoms with Crippen LogP contribution in [0.4, 0.5) is 0 Å². The molecule has 92 valence electrons. The lowest BCUT2D eigenvalue weighted by molar-refractivity contribution is -0.149. The molecular weight excluding hydrogens is 262 g/mol. The second kappa shape index (κ2) is 4.31. The summed E-state index contributed by atoms with van der Waals surface area (Å²) < 4.78 is 0. The molecule has 1 saturated carbocycles. The summed E-state index contributed by atoms with van der Waals surface area (Å²) in [6.45, 7) is 2.10. The van der Waals surface area contributed by atoms with Crippen LogP contribution in [0.3, 0.4) is 0 Å². The number of carboxylic acid groups (broad SMARTS) is 1. The Kier molecular flexibility index (Phi) is 3.14. The molecule has 1 aliphatic carbocycles. The molecule has 0 spiro atoms. The molecule has 0 aromatic carbocycles. The molecule has 1 aromatic heterocycles. The minimum atomic E-state index is -1.21. The maximum absolute atomic E-state index is 11.8. The Morgan fingerprint density at radius 2 is 2.35 bits per heavy atom. The zero-order valence-corrected chi connectivity index (χ0v) is 10.8. The molecule has 1 aromatic rings. The van der Waals surface area contributed by atoms with Gasteiger partial charge in [0.05, 0.1) is 11.6 Å². The van der Waals surface area contributed by atoms with Gasteiger partial charge in [0.1, 0.15) is 5.41 Å². The summed E-state index contributed by atoms with van der Waals surface area (Å²) in [6, 6.07) is 1.76. The van der Waals surface area contributed by atoms with Gasteiger partial charge in [-0.15, -0.1) is 11.3 Å². The number of thiophene rings is 1. The summed E-state index contributed by atoms with van der Waals surface area (Å²) in [6.07, 6.45) is 0.416. The first-order valence-electron chi connectivity index (χ1n) is 5.21. The van der Waals surface area contributed by atoms with E-state index in [-0.39, 0.29) is 5.92 Å². The average Bonchev–Trinajstić information content (AvgIpc) is 2.78. The minimum Gasteiger partial charge on any atom is -0.480 e. The third-order valence-corrected chi connectivity index (χ3v) is 4.43. The number of amides is 1. The zero-order chi connectivity index (χ0) is 12.6. The third-order valence-electron chi connectivity index (χ3n) is 3.14. The molecule has 1 amide bonds. The lowest BCUT2D eigenvalue weighted by atomic mass is 10.0. The Morgan fingerprint density at radius 1 is 1.71 bits per heavy atom. The normalized spacial score (nSPS) is 26.6. The maximum atomic E-state index is 11.8. The molecule has 1 aliphatic rings. The average molecular weight is 274 g/mol. The second-order valence-corrected chi connectivity index (χ2v) is 5.73. The van der Waals surface area contributed by atoms with Crippen molar-refractivity contribution in [2.24, 2.45) is 11.3 Å². The van der Waals surface area contributed by atoms with Crippen LogP contribution >= 0.6 is 22.9 Å². The van der Waals surface area contributed by atoms with Crippen LogP contribution in [0.5, 0.6) is 0 Å². The minimum absolute atomic E-state index is 0.0908. The predicted molar refractivity (Wildman–Crippen MR) is 65.0 cm³/mol. The summed E-state index contributed by atoms with van der Waals surface area (Å²) >= 11 is 7.19. The van der Waals surface area contributed by atoms with Crippen molar-refractivity contribution in [2.45, 2.75) is 19.9 Å². The van der Waals surface area contributed by atoms with E-state index in [2.05, 4.69) is 5.32 Å². The van der Waals surface area contributed by atoms with Crippen molar-refractivity contribution in [1.82, 2.24) is 5.32 Å². The molecule has 4 nitrogen and oxygen atoms in total. The number of carboxylic acids is 1. The van der Waals surface area contributed by atoms with E-state index in [9.17, 15) is 9.59 Å². The number of rotatable bonds is 4. The van der Waals surface area contributed by atoms with Gasteiger partial charge in [-0.2, -0.15) is 0 Å².